The highest BCUT2D eigenvalue weighted by Gasteiger charge is 2.40. The van der Waals surface area contributed by atoms with Crippen molar-refractivity contribution in [1.82, 2.24) is 10.3 Å². The summed E-state index contributed by atoms with van der Waals surface area (Å²) in [5.41, 5.74) is 11.2. The van der Waals surface area contributed by atoms with Crippen molar-refractivity contribution < 1.29 is 14.4 Å². The SMILES string of the molecule is NC(=O)CC[N+](CCNCCc1ccc(O)c2[nH]c(=O)sc12)(CCc1cccc(Cl)c1)C1Cc2ccccc2C1. The van der Waals surface area contributed by atoms with Crippen LogP contribution in [0.3, 0.4) is 0 Å². The molecule has 4 aromatic rings. The predicted molar refractivity (Wildman–Crippen MR) is 162 cm³/mol. The Kier molecular flexibility index (Phi) is 8.90. The molecule has 0 radical (unpaired) electrons. The fraction of sp³-hybridized carbons (Fsp3) is 0.355. The molecule has 0 aliphatic heterocycles. The number of quaternary nitrogens is 1. The van der Waals surface area contributed by atoms with E-state index in [2.05, 4.69) is 40.6 Å². The molecule has 1 unspecified atom stereocenters. The first-order chi connectivity index (χ1) is 19.3. The van der Waals surface area contributed by atoms with Gasteiger partial charge in [0.05, 0.1) is 36.8 Å². The van der Waals surface area contributed by atoms with Crippen molar-refractivity contribution in [1.29, 1.82) is 0 Å². The van der Waals surface area contributed by atoms with Gasteiger partial charge in [-0.25, -0.2) is 0 Å². The molecule has 0 saturated carbocycles. The molecular weight excluding hydrogens is 544 g/mol. The molecule has 0 spiro atoms. The number of phenols is 1. The van der Waals surface area contributed by atoms with Gasteiger partial charge >= 0.3 is 4.87 Å². The van der Waals surface area contributed by atoms with Crippen LogP contribution in [0.4, 0.5) is 0 Å². The number of nitrogens with zero attached hydrogens (tertiary/aromatic N) is 1. The number of carbonyl (C=O) groups is 1. The second kappa shape index (κ2) is 12.6. The molecule has 0 bridgehead atoms. The molecule has 1 atom stereocenters. The average molecular weight is 580 g/mol. The molecule has 5 rings (SSSR count). The van der Waals surface area contributed by atoms with Crippen LogP contribution in [-0.4, -0.2) is 59.2 Å². The second-order valence-corrected chi connectivity index (χ2v) is 12.2. The number of amides is 1. The molecule has 9 heteroatoms. The summed E-state index contributed by atoms with van der Waals surface area (Å²) < 4.78 is 1.61. The predicted octanol–water partition coefficient (Wildman–Crippen LogP) is 4.18. The fourth-order valence-electron chi connectivity index (χ4n) is 6.10. The molecule has 0 fully saturated rings. The lowest BCUT2D eigenvalue weighted by Gasteiger charge is -2.44. The number of aromatic amines is 1. The Morgan fingerprint density at radius 3 is 2.52 bits per heavy atom. The number of hydrogen-bond donors (Lipinski definition) is 4. The number of carbonyl (C=O) groups excluding carboxylic acids is 1. The lowest BCUT2D eigenvalue weighted by Crippen LogP contribution is -2.60. The van der Waals surface area contributed by atoms with E-state index in [1.165, 1.54) is 16.7 Å². The third-order valence-electron chi connectivity index (χ3n) is 8.29. The van der Waals surface area contributed by atoms with Crippen molar-refractivity contribution in [3.8, 4) is 5.75 Å². The van der Waals surface area contributed by atoms with Crippen LogP contribution in [0.1, 0.15) is 28.7 Å². The molecule has 1 heterocycles. The summed E-state index contributed by atoms with van der Waals surface area (Å²) in [6.07, 6.45) is 3.93. The van der Waals surface area contributed by atoms with Crippen molar-refractivity contribution in [2.75, 3.05) is 32.7 Å². The summed E-state index contributed by atoms with van der Waals surface area (Å²) >= 11 is 7.42. The topological polar surface area (TPSA) is 108 Å². The summed E-state index contributed by atoms with van der Waals surface area (Å²) in [7, 11) is 0. The zero-order valence-electron chi connectivity index (χ0n) is 22.5. The minimum atomic E-state index is -0.268. The van der Waals surface area contributed by atoms with E-state index in [1.807, 2.05) is 24.3 Å². The number of benzene rings is 3. The summed E-state index contributed by atoms with van der Waals surface area (Å²) in [5.74, 6) is -0.172. The van der Waals surface area contributed by atoms with E-state index in [-0.39, 0.29) is 16.5 Å². The number of nitrogens with one attached hydrogen (secondary N) is 2. The number of primary amides is 1. The maximum absolute atomic E-state index is 12.0. The van der Waals surface area contributed by atoms with E-state index >= 15 is 0 Å². The number of aromatic hydroxyl groups is 1. The number of halogens is 1. The molecule has 1 amide bonds. The Hall–Kier alpha value is -3.17. The Morgan fingerprint density at radius 2 is 1.80 bits per heavy atom. The van der Waals surface area contributed by atoms with Gasteiger partial charge in [-0.2, -0.15) is 0 Å². The lowest BCUT2D eigenvalue weighted by molar-refractivity contribution is -0.948. The first-order valence-corrected chi connectivity index (χ1v) is 15.0. The normalized spacial score (nSPS) is 14.8. The van der Waals surface area contributed by atoms with Crippen molar-refractivity contribution >= 4 is 39.1 Å². The van der Waals surface area contributed by atoms with Crippen molar-refractivity contribution in [3.05, 3.63) is 97.6 Å². The van der Waals surface area contributed by atoms with Gasteiger partial charge < -0.3 is 25.6 Å². The van der Waals surface area contributed by atoms with Gasteiger partial charge in [-0.15, -0.1) is 0 Å². The lowest BCUT2D eigenvalue weighted by atomic mass is 10.0. The largest absolute Gasteiger partial charge is 0.506 e. The highest BCUT2D eigenvalue weighted by molar-refractivity contribution is 7.16. The molecule has 1 aliphatic rings. The molecule has 5 N–H and O–H groups in total. The van der Waals surface area contributed by atoms with E-state index in [1.54, 1.807) is 6.07 Å². The van der Waals surface area contributed by atoms with Crippen LogP contribution in [0.2, 0.25) is 5.02 Å². The van der Waals surface area contributed by atoms with E-state index in [9.17, 15) is 14.7 Å². The van der Waals surface area contributed by atoms with Crippen LogP contribution >= 0.6 is 22.9 Å². The second-order valence-electron chi connectivity index (χ2n) is 10.8. The number of rotatable bonds is 13. The van der Waals surface area contributed by atoms with Gasteiger partial charge in [-0.1, -0.05) is 65.4 Å². The number of H-pyrrole nitrogens is 1. The van der Waals surface area contributed by atoms with Gasteiger partial charge in [0.2, 0.25) is 5.91 Å². The zero-order chi connectivity index (χ0) is 28.1. The minimum absolute atomic E-state index is 0.0962. The van der Waals surface area contributed by atoms with Crippen LogP contribution in [0.25, 0.3) is 10.2 Å². The van der Waals surface area contributed by atoms with Crippen LogP contribution < -0.4 is 15.9 Å². The van der Waals surface area contributed by atoms with E-state index in [4.69, 9.17) is 17.3 Å². The third-order valence-corrected chi connectivity index (χ3v) is 9.48. The van der Waals surface area contributed by atoms with Crippen molar-refractivity contribution in [2.45, 2.75) is 38.1 Å². The summed E-state index contributed by atoms with van der Waals surface area (Å²) in [4.78, 5) is 26.4. The minimum Gasteiger partial charge on any atom is -0.506 e. The highest BCUT2D eigenvalue weighted by atomic mass is 35.5. The maximum atomic E-state index is 12.0. The average Bonchev–Trinajstić information content (AvgIpc) is 3.55. The Morgan fingerprint density at radius 1 is 1.02 bits per heavy atom. The standard InChI is InChI=1S/C31H35ClN4O3S/c32-25-7-3-4-21(18-25)11-15-36(16-12-28(33)38,26-19-23-5-1-2-6-24(23)20-26)17-14-34-13-10-22-8-9-27(37)29-30(22)40-31(39)35-29/h1-9,18,26,34H,10-17,19-20H2,(H3-,33,35,37,38,39)/p+1. The number of aromatic nitrogens is 1. The van der Waals surface area contributed by atoms with Gasteiger partial charge in [-0.3, -0.25) is 9.59 Å². The number of hydrogen-bond acceptors (Lipinski definition) is 5. The van der Waals surface area contributed by atoms with Crippen LogP contribution in [-0.2, 0) is 30.5 Å². The maximum Gasteiger partial charge on any atom is 0.305 e. The molecule has 40 heavy (non-hydrogen) atoms. The van der Waals surface area contributed by atoms with Crippen LogP contribution in [0.5, 0.6) is 5.75 Å². The fourth-order valence-corrected chi connectivity index (χ4v) is 7.21. The monoisotopic (exact) mass is 579 g/mol. The molecule has 3 aromatic carbocycles. The van der Waals surface area contributed by atoms with E-state index < -0.39 is 0 Å². The van der Waals surface area contributed by atoms with E-state index in [0.717, 1.165) is 83.0 Å². The summed E-state index contributed by atoms with van der Waals surface area (Å²) in [6.45, 7) is 3.98. The number of fused-ring (bicyclic) bond motifs is 2. The van der Waals surface area contributed by atoms with Crippen LogP contribution in [0.15, 0.2) is 65.5 Å². The quantitative estimate of drug-likeness (QED) is 0.141. The molecule has 1 aromatic heterocycles. The smallest absolute Gasteiger partial charge is 0.305 e. The summed E-state index contributed by atoms with van der Waals surface area (Å²) in [5, 5.41) is 14.4. The molecule has 7 nitrogen and oxygen atoms in total. The van der Waals surface area contributed by atoms with Gasteiger partial charge in [-0.05, 0) is 53.4 Å². The van der Waals surface area contributed by atoms with Crippen molar-refractivity contribution in [3.63, 3.8) is 0 Å². The first-order valence-electron chi connectivity index (χ1n) is 13.8. The number of phenolic OH excluding ortho intramolecular Hbond substituents is 1. The Bertz CT molecular complexity index is 1530. The van der Waals surface area contributed by atoms with E-state index in [0.29, 0.717) is 24.5 Å². The summed E-state index contributed by atoms with van der Waals surface area (Å²) in [6, 6.07) is 20.6. The van der Waals surface area contributed by atoms with Gasteiger partial charge in [0.15, 0.2) is 0 Å². The van der Waals surface area contributed by atoms with Crippen LogP contribution in [0, 0.1) is 0 Å². The third kappa shape index (κ3) is 6.58. The Labute approximate surface area is 243 Å². The molecule has 0 saturated heterocycles. The molecular formula is C31H36ClN4O3S+. The number of nitrogens with two attached hydrogens (primary N) is 1. The van der Waals surface area contributed by atoms with Gasteiger partial charge in [0.1, 0.15) is 11.3 Å². The van der Waals surface area contributed by atoms with Gasteiger partial charge in [0, 0.05) is 30.8 Å². The molecule has 1 aliphatic carbocycles. The molecule has 210 valence electrons. The Balaban J connectivity index is 1.31. The first kappa shape index (κ1) is 28.4. The highest BCUT2D eigenvalue weighted by Crippen LogP contribution is 2.31. The van der Waals surface area contributed by atoms with Crippen molar-refractivity contribution in [2.24, 2.45) is 5.73 Å². The zero-order valence-corrected chi connectivity index (χ0v) is 24.1. The van der Waals surface area contributed by atoms with Gasteiger partial charge in [0.25, 0.3) is 0 Å². The number of thiazole rings is 1.